The van der Waals surface area contributed by atoms with Gasteiger partial charge in [-0.3, -0.25) is 9.59 Å². The quantitative estimate of drug-likeness (QED) is 0.693. The van der Waals surface area contributed by atoms with Gasteiger partial charge in [0.05, 0.1) is 12.0 Å². The Balaban J connectivity index is 1.92. The number of carbonyl (C=O) groups excluding carboxylic acids is 1. The lowest BCUT2D eigenvalue weighted by Crippen LogP contribution is -2.34. The van der Waals surface area contributed by atoms with E-state index in [1.165, 1.54) is 6.07 Å². The first kappa shape index (κ1) is 16.9. The van der Waals surface area contributed by atoms with Gasteiger partial charge in [-0.25, -0.2) is 0 Å². The van der Waals surface area contributed by atoms with Gasteiger partial charge in [0.25, 0.3) is 5.91 Å². The Bertz CT molecular complexity index is 918. The van der Waals surface area contributed by atoms with Crippen molar-refractivity contribution in [1.82, 2.24) is 4.90 Å². The number of nitrogens with zero attached hydrogens (tertiary/aromatic N) is 1. The Morgan fingerprint density at radius 1 is 1.08 bits per heavy atom. The Kier molecular flexibility index (Phi) is 5.26. The number of benzene rings is 2. The molecule has 3 aromatic rings. The first-order valence-corrected chi connectivity index (χ1v) is 8.04. The van der Waals surface area contributed by atoms with Crippen LogP contribution in [-0.4, -0.2) is 31.1 Å². The van der Waals surface area contributed by atoms with E-state index < -0.39 is 0 Å². The molecule has 0 N–H and O–H groups in total. The van der Waals surface area contributed by atoms with Crippen LogP contribution in [0.15, 0.2) is 69.9 Å². The van der Waals surface area contributed by atoms with Crippen molar-refractivity contribution in [1.29, 1.82) is 0 Å². The Labute approximate surface area is 145 Å². The molecule has 1 heterocycles. The second-order valence-electron chi connectivity index (χ2n) is 5.68. The molecule has 0 saturated heterocycles. The van der Waals surface area contributed by atoms with Crippen LogP contribution in [0.1, 0.15) is 16.1 Å². The maximum atomic E-state index is 12.9. The zero-order valence-electron chi connectivity index (χ0n) is 14.0. The van der Waals surface area contributed by atoms with Gasteiger partial charge in [-0.2, -0.15) is 0 Å². The minimum atomic E-state index is -0.330. The summed E-state index contributed by atoms with van der Waals surface area (Å²) in [7, 11) is 1.58. The highest BCUT2D eigenvalue weighted by Gasteiger charge is 2.20. The molecule has 0 fully saturated rings. The lowest BCUT2D eigenvalue weighted by atomic mass is 10.2. The predicted octanol–water partition coefficient (Wildman–Crippen LogP) is 3.08. The summed E-state index contributed by atoms with van der Waals surface area (Å²) >= 11 is 0. The van der Waals surface area contributed by atoms with E-state index in [9.17, 15) is 9.59 Å². The average Bonchev–Trinajstić information content (AvgIpc) is 2.65. The van der Waals surface area contributed by atoms with Crippen molar-refractivity contribution >= 4 is 16.9 Å². The lowest BCUT2D eigenvalue weighted by Gasteiger charge is -2.22. The molecule has 1 amide bonds. The fourth-order valence-corrected chi connectivity index (χ4v) is 2.62. The standard InChI is InChI=1S/C20H19NO4/c1-24-12-11-21(14-15-7-3-2-4-8-15)20(23)19-13-17(22)16-9-5-6-10-18(16)25-19/h2-10,13H,11-12,14H2,1H3. The molecule has 0 atom stereocenters. The van der Waals surface area contributed by atoms with Gasteiger partial charge >= 0.3 is 0 Å². The molecular formula is C20H19NO4. The van der Waals surface area contributed by atoms with E-state index in [4.69, 9.17) is 9.15 Å². The Morgan fingerprint density at radius 2 is 1.80 bits per heavy atom. The van der Waals surface area contributed by atoms with Crippen molar-refractivity contribution in [2.24, 2.45) is 0 Å². The molecule has 5 nitrogen and oxygen atoms in total. The highest BCUT2D eigenvalue weighted by Crippen LogP contribution is 2.15. The van der Waals surface area contributed by atoms with E-state index in [-0.39, 0.29) is 17.1 Å². The molecule has 3 rings (SSSR count). The minimum absolute atomic E-state index is 0.0377. The predicted molar refractivity (Wildman–Crippen MR) is 95.5 cm³/mol. The van der Waals surface area contributed by atoms with Crippen molar-refractivity contribution in [3.63, 3.8) is 0 Å². The van der Waals surface area contributed by atoms with Crippen molar-refractivity contribution < 1.29 is 13.9 Å². The summed E-state index contributed by atoms with van der Waals surface area (Å²) < 4.78 is 10.8. The summed E-state index contributed by atoms with van der Waals surface area (Å²) in [5.41, 5.74) is 1.18. The molecule has 2 aromatic carbocycles. The second-order valence-corrected chi connectivity index (χ2v) is 5.68. The number of hydrogen-bond donors (Lipinski definition) is 0. The van der Waals surface area contributed by atoms with Gasteiger partial charge in [-0.1, -0.05) is 42.5 Å². The first-order chi connectivity index (χ1) is 12.2. The number of amides is 1. The minimum Gasteiger partial charge on any atom is -0.451 e. The van der Waals surface area contributed by atoms with Crippen LogP contribution < -0.4 is 5.43 Å². The van der Waals surface area contributed by atoms with Crippen LogP contribution in [0.5, 0.6) is 0 Å². The van der Waals surface area contributed by atoms with Crippen LogP contribution in [0.25, 0.3) is 11.0 Å². The Hall–Kier alpha value is -2.92. The molecule has 5 heteroatoms. The summed E-state index contributed by atoms with van der Waals surface area (Å²) in [6.07, 6.45) is 0. The van der Waals surface area contributed by atoms with Crippen LogP contribution in [-0.2, 0) is 11.3 Å². The molecule has 25 heavy (non-hydrogen) atoms. The SMILES string of the molecule is COCCN(Cc1ccccc1)C(=O)c1cc(=O)c2ccccc2o1. The third-order valence-corrected chi connectivity index (χ3v) is 3.91. The third kappa shape index (κ3) is 3.95. The Morgan fingerprint density at radius 3 is 2.56 bits per heavy atom. The molecule has 0 aliphatic rings. The number of hydrogen-bond acceptors (Lipinski definition) is 4. The largest absolute Gasteiger partial charge is 0.451 e. The van der Waals surface area contributed by atoms with Crippen LogP contribution in [0.2, 0.25) is 0 Å². The molecule has 0 aliphatic carbocycles. The summed E-state index contributed by atoms with van der Waals surface area (Å²) in [6.45, 7) is 1.22. The fourth-order valence-electron chi connectivity index (χ4n) is 2.62. The van der Waals surface area contributed by atoms with Crippen molar-refractivity contribution in [3.8, 4) is 0 Å². The highest BCUT2D eigenvalue weighted by atomic mass is 16.5. The summed E-state index contributed by atoms with van der Waals surface area (Å²) in [6, 6.07) is 17.8. The van der Waals surface area contributed by atoms with Crippen molar-refractivity contribution in [2.45, 2.75) is 6.54 Å². The summed E-state index contributed by atoms with van der Waals surface area (Å²) in [5.74, 6) is -0.292. The van der Waals surface area contributed by atoms with Gasteiger partial charge in [0.1, 0.15) is 5.58 Å². The zero-order chi connectivity index (χ0) is 17.6. The second kappa shape index (κ2) is 7.77. The number of rotatable bonds is 6. The number of methoxy groups -OCH3 is 1. The topological polar surface area (TPSA) is 59.8 Å². The van der Waals surface area contributed by atoms with E-state index in [0.717, 1.165) is 5.56 Å². The van der Waals surface area contributed by atoms with Gasteiger partial charge in [0.2, 0.25) is 0 Å². The van der Waals surface area contributed by atoms with E-state index in [1.807, 2.05) is 30.3 Å². The van der Waals surface area contributed by atoms with Gasteiger partial charge < -0.3 is 14.1 Å². The molecule has 0 bridgehead atoms. The smallest absolute Gasteiger partial charge is 0.290 e. The van der Waals surface area contributed by atoms with E-state index >= 15 is 0 Å². The van der Waals surface area contributed by atoms with E-state index in [2.05, 4.69) is 0 Å². The number of ether oxygens (including phenoxy) is 1. The van der Waals surface area contributed by atoms with Crippen LogP contribution in [0, 0.1) is 0 Å². The van der Waals surface area contributed by atoms with Gasteiger partial charge in [0, 0.05) is 26.3 Å². The molecule has 0 spiro atoms. The number of carbonyl (C=O) groups is 1. The molecule has 128 valence electrons. The molecule has 0 unspecified atom stereocenters. The number of para-hydroxylation sites is 1. The lowest BCUT2D eigenvalue weighted by molar-refractivity contribution is 0.0650. The molecule has 0 radical (unpaired) electrons. The third-order valence-electron chi connectivity index (χ3n) is 3.91. The summed E-state index contributed by atoms with van der Waals surface area (Å²) in [4.78, 5) is 26.7. The number of fused-ring (bicyclic) bond motifs is 1. The molecule has 1 aromatic heterocycles. The normalized spacial score (nSPS) is 10.8. The monoisotopic (exact) mass is 337 g/mol. The van der Waals surface area contributed by atoms with Crippen molar-refractivity contribution in [3.05, 3.63) is 82.2 Å². The van der Waals surface area contributed by atoms with E-state index in [1.54, 1.807) is 36.3 Å². The maximum absolute atomic E-state index is 12.9. The summed E-state index contributed by atoms with van der Waals surface area (Å²) in [5, 5.41) is 0.463. The molecule has 0 aliphatic heterocycles. The van der Waals surface area contributed by atoms with Crippen LogP contribution >= 0.6 is 0 Å². The molecular weight excluding hydrogens is 318 g/mol. The highest BCUT2D eigenvalue weighted by molar-refractivity contribution is 5.93. The van der Waals surface area contributed by atoms with Crippen LogP contribution in [0.3, 0.4) is 0 Å². The average molecular weight is 337 g/mol. The van der Waals surface area contributed by atoms with Gasteiger partial charge in [-0.15, -0.1) is 0 Å². The molecule has 0 saturated carbocycles. The maximum Gasteiger partial charge on any atom is 0.290 e. The van der Waals surface area contributed by atoms with Crippen molar-refractivity contribution in [2.75, 3.05) is 20.3 Å². The fraction of sp³-hybridized carbons (Fsp3) is 0.200. The zero-order valence-corrected chi connectivity index (χ0v) is 14.0. The first-order valence-electron chi connectivity index (χ1n) is 8.04. The van der Waals surface area contributed by atoms with E-state index in [0.29, 0.717) is 30.7 Å². The van der Waals surface area contributed by atoms with Gasteiger partial charge in [-0.05, 0) is 17.7 Å². The van der Waals surface area contributed by atoms with Gasteiger partial charge in [0.15, 0.2) is 11.2 Å². The van der Waals surface area contributed by atoms with Crippen LogP contribution in [0.4, 0.5) is 0 Å².